The minimum atomic E-state index is 0.460. The molecule has 0 saturated carbocycles. The smallest absolute Gasteiger partial charge is 0.191 e. The van der Waals surface area contributed by atoms with Gasteiger partial charge in [0.1, 0.15) is 0 Å². The Labute approximate surface area is 140 Å². The molecule has 128 valence electrons. The van der Waals surface area contributed by atoms with E-state index >= 15 is 0 Å². The van der Waals surface area contributed by atoms with Crippen molar-refractivity contribution in [2.24, 2.45) is 4.99 Å². The normalized spacial score (nSPS) is 21.0. The van der Waals surface area contributed by atoms with Crippen LogP contribution in [0.3, 0.4) is 0 Å². The van der Waals surface area contributed by atoms with Crippen molar-refractivity contribution in [3.05, 3.63) is 35.9 Å². The second-order valence-electron chi connectivity index (χ2n) is 6.13. The molecule has 1 aromatic rings. The molecule has 1 saturated heterocycles. The highest BCUT2D eigenvalue weighted by atomic mass is 16.5. The minimum absolute atomic E-state index is 0.460. The number of nitrogens with zero attached hydrogens (tertiary/aromatic N) is 2. The molecular weight excluding hydrogens is 288 g/mol. The summed E-state index contributed by atoms with van der Waals surface area (Å²) in [6.45, 7) is 8.91. The molecule has 23 heavy (non-hydrogen) atoms. The third kappa shape index (κ3) is 5.84. The number of nitrogens with one attached hydrogen (secondary N) is 2. The molecule has 0 aliphatic carbocycles. The fourth-order valence-corrected chi connectivity index (χ4v) is 2.95. The maximum atomic E-state index is 5.51. The molecule has 2 N–H and O–H groups in total. The zero-order chi connectivity index (χ0) is 16.5. The molecule has 2 atom stereocenters. The predicted octanol–water partition coefficient (Wildman–Crippen LogP) is 1.50. The van der Waals surface area contributed by atoms with Crippen molar-refractivity contribution in [3.63, 3.8) is 0 Å². The second kappa shape index (κ2) is 9.53. The number of aliphatic imine (C=N–C) groups is 1. The zero-order valence-electron chi connectivity index (χ0n) is 14.6. The van der Waals surface area contributed by atoms with Crippen LogP contribution in [-0.4, -0.2) is 62.8 Å². The fourth-order valence-electron chi connectivity index (χ4n) is 2.95. The first kappa shape index (κ1) is 17.8. The van der Waals surface area contributed by atoms with E-state index in [1.54, 1.807) is 0 Å². The van der Waals surface area contributed by atoms with Gasteiger partial charge in [0, 0.05) is 38.8 Å². The summed E-state index contributed by atoms with van der Waals surface area (Å²) in [5, 5.41) is 6.81. The summed E-state index contributed by atoms with van der Waals surface area (Å²) < 4.78 is 5.51. The Kier molecular flexibility index (Phi) is 7.36. The van der Waals surface area contributed by atoms with Crippen LogP contribution < -0.4 is 10.6 Å². The maximum absolute atomic E-state index is 5.51. The van der Waals surface area contributed by atoms with E-state index in [0.717, 1.165) is 45.2 Å². The van der Waals surface area contributed by atoms with E-state index in [1.165, 1.54) is 5.56 Å². The van der Waals surface area contributed by atoms with Crippen molar-refractivity contribution in [1.82, 2.24) is 15.5 Å². The van der Waals surface area contributed by atoms with Gasteiger partial charge in [-0.05, 0) is 25.8 Å². The number of hydrogen-bond acceptors (Lipinski definition) is 3. The number of hydrogen-bond donors (Lipinski definition) is 2. The quantitative estimate of drug-likeness (QED) is 0.616. The predicted molar refractivity (Wildman–Crippen MR) is 96.0 cm³/mol. The van der Waals surface area contributed by atoms with E-state index in [2.05, 4.69) is 58.6 Å². The van der Waals surface area contributed by atoms with Gasteiger partial charge in [-0.2, -0.15) is 0 Å². The van der Waals surface area contributed by atoms with E-state index in [-0.39, 0.29) is 0 Å². The highest BCUT2D eigenvalue weighted by molar-refractivity contribution is 5.79. The molecule has 1 aliphatic rings. The van der Waals surface area contributed by atoms with Crippen LogP contribution in [0.2, 0.25) is 0 Å². The van der Waals surface area contributed by atoms with Crippen LogP contribution in [-0.2, 0) is 11.2 Å². The topological polar surface area (TPSA) is 48.9 Å². The fraction of sp³-hybridized carbons (Fsp3) is 0.611. The molecule has 0 spiro atoms. The second-order valence-corrected chi connectivity index (χ2v) is 6.13. The zero-order valence-corrected chi connectivity index (χ0v) is 14.6. The summed E-state index contributed by atoms with van der Waals surface area (Å²) >= 11 is 0. The van der Waals surface area contributed by atoms with Gasteiger partial charge in [0.2, 0.25) is 0 Å². The molecule has 1 heterocycles. The van der Waals surface area contributed by atoms with Crippen LogP contribution in [0.15, 0.2) is 35.3 Å². The Morgan fingerprint density at radius 3 is 2.83 bits per heavy atom. The minimum Gasteiger partial charge on any atom is -0.379 e. The van der Waals surface area contributed by atoms with Crippen LogP contribution >= 0.6 is 0 Å². The van der Waals surface area contributed by atoms with Gasteiger partial charge < -0.3 is 15.4 Å². The molecular formula is C18H30N4O. The summed E-state index contributed by atoms with van der Waals surface area (Å²) in [5.74, 6) is 0.869. The Morgan fingerprint density at radius 2 is 2.13 bits per heavy atom. The lowest BCUT2D eigenvalue weighted by Gasteiger charge is -2.38. The average Bonchev–Trinajstić information content (AvgIpc) is 2.59. The first-order valence-corrected chi connectivity index (χ1v) is 8.52. The van der Waals surface area contributed by atoms with Gasteiger partial charge in [0.05, 0.1) is 13.2 Å². The summed E-state index contributed by atoms with van der Waals surface area (Å²) in [4.78, 5) is 6.80. The maximum Gasteiger partial charge on any atom is 0.191 e. The van der Waals surface area contributed by atoms with Crippen LogP contribution in [0.5, 0.6) is 0 Å². The number of morpholine rings is 1. The lowest BCUT2D eigenvalue weighted by atomic mass is 10.1. The van der Waals surface area contributed by atoms with Crippen LogP contribution in [0, 0.1) is 0 Å². The summed E-state index contributed by atoms with van der Waals surface area (Å²) in [7, 11) is 1.82. The lowest BCUT2D eigenvalue weighted by molar-refractivity contribution is -0.0174. The molecule has 0 aromatic heterocycles. The number of ether oxygens (including phenoxy) is 1. The van der Waals surface area contributed by atoms with Gasteiger partial charge >= 0.3 is 0 Å². The molecule has 0 bridgehead atoms. The molecule has 1 aromatic carbocycles. The highest BCUT2D eigenvalue weighted by Gasteiger charge is 2.23. The Hall–Kier alpha value is -1.59. The van der Waals surface area contributed by atoms with Crippen molar-refractivity contribution in [1.29, 1.82) is 0 Å². The van der Waals surface area contributed by atoms with Crippen LogP contribution in [0.1, 0.15) is 19.4 Å². The molecule has 5 nitrogen and oxygen atoms in total. The molecule has 0 amide bonds. The molecule has 0 radical (unpaired) electrons. The molecule has 2 rings (SSSR count). The van der Waals surface area contributed by atoms with Gasteiger partial charge in [0.25, 0.3) is 0 Å². The van der Waals surface area contributed by atoms with E-state index in [0.29, 0.717) is 12.1 Å². The SMILES string of the molecule is CN=C(NCCc1ccccc1)NCC(C)N1CCOCC1C. The Morgan fingerprint density at radius 1 is 1.35 bits per heavy atom. The van der Waals surface area contributed by atoms with Crippen molar-refractivity contribution in [3.8, 4) is 0 Å². The third-order valence-electron chi connectivity index (χ3n) is 4.32. The number of guanidine groups is 1. The molecule has 1 aliphatic heterocycles. The Bertz CT molecular complexity index is 477. The van der Waals surface area contributed by atoms with E-state index in [9.17, 15) is 0 Å². The molecule has 2 unspecified atom stereocenters. The van der Waals surface area contributed by atoms with Gasteiger partial charge in [-0.3, -0.25) is 9.89 Å². The van der Waals surface area contributed by atoms with Crippen LogP contribution in [0.25, 0.3) is 0 Å². The van der Waals surface area contributed by atoms with Gasteiger partial charge in [0.15, 0.2) is 5.96 Å². The van der Waals surface area contributed by atoms with Crippen molar-refractivity contribution >= 4 is 5.96 Å². The molecule has 5 heteroatoms. The van der Waals surface area contributed by atoms with E-state index in [1.807, 2.05) is 13.1 Å². The van der Waals surface area contributed by atoms with Crippen molar-refractivity contribution < 1.29 is 4.74 Å². The monoisotopic (exact) mass is 318 g/mol. The molecule has 1 fully saturated rings. The standard InChI is InChI=1S/C18H30N4O/c1-15(22-11-12-23-14-16(22)2)13-21-18(19-3)20-10-9-17-7-5-4-6-8-17/h4-8,15-16H,9-14H2,1-3H3,(H2,19,20,21). The Balaban J connectivity index is 1.70. The van der Waals surface area contributed by atoms with Gasteiger partial charge in [-0.15, -0.1) is 0 Å². The third-order valence-corrected chi connectivity index (χ3v) is 4.32. The first-order valence-electron chi connectivity index (χ1n) is 8.52. The highest BCUT2D eigenvalue weighted by Crippen LogP contribution is 2.09. The largest absolute Gasteiger partial charge is 0.379 e. The summed E-state index contributed by atoms with van der Waals surface area (Å²) in [5.41, 5.74) is 1.34. The summed E-state index contributed by atoms with van der Waals surface area (Å²) in [6, 6.07) is 11.4. The lowest BCUT2D eigenvalue weighted by Crippen LogP contribution is -2.53. The van der Waals surface area contributed by atoms with Crippen molar-refractivity contribution in [2.45, 2.75) is 32.4 Å². The summed E-state index contributed by atoms with van der Waals surface area (Å²) in [6.07, 6.45) is 0.998. The van der Waals surface area contributed by atoms with Crippen LogP contribution in [0.4, 0.5) is 0 Å². The van der Waals surface area contributed by atoms with Gasteiger partial charge in [-0.1, -0.05) is 30.3 Å². The van der Waals surface area contributed by atoms with E-state index < -0.39 is 0 Å². The average molecular weight is 318 g/mol. The number of benzene rings is 1. The first-order chi connectivity index (χ1) is 11.2. The van der Waals surface area contributed by atoms with Gasteiger partial charge in [-0.25, -0.2) is 0 Å². The van der Waals surface area contributed by atoms with Crippen molar-refractivity contribution in [2.75, 3.05) is 39.9 Å². The van der Waals surface area contributed by atoms with E-state index in [4.69, 9.17) is 4.74 Å². The number of rotatable bonds is 6.